The van der Waals surface area contributed by atoms with Crippen LogP contribution < -0.4 is 25.2 Å². The van der Waals surface area contributed by atoms with Crippen LogP contribution in [0.5, 0.6) is 11.5 Å². The Hall–Kier alpha value is -3.59. The standard InChI is InChI=1S/C32H35BrN4O4/c1-40-25-17-12-19(18-26(25)41-2)27-23-10-6-7-11-24(23)37(22-8-4-3-5-9-22)30-28(27)31(38)36-29(35-30)32(39)34-21-15-13-20(33)14-16-21/h12-18,22,27H,3-11H2,1-2H3,(H,34,39)(H,35,36,38). The lowest BCUT2D eigenvalue weighted by molar-refractivity contribution is 0.101. The van der Waals surface area contributed by atoms with Crippen LogP contribution in [0, 0.1) is 0 Å². The molecule has 41 heavy (non-hydrogen) atoms. The molecule has 0 spiro atoms. The van der Waals surface area contributed by atoms with Gasteiger partial charge in [0.05, 0.1) is 19.8 Å². The minimum atomic E-state index is -0.443. The molecule has 6 rings (SSSR count). The Kier molecular flexibility index (Phi) is 7.88. The van der Waals surface area contributed by atoms with E-state index in [9.17, 15) is 9.59 Å². The molecule has 2 aliphatic carbocycles. The van der Waals surface area contributed by atoms with E-state index in [0.29, 0.717) is 28.6 Å². The molecule has 3 aromatic rings. The summed E-state index contributed by atoms with van der Waals surface area (Å²) in [6, 6.07) is 13.5. The first-order valence-corrected chi connectivity index (χ1v) is 15.2. The third-order valence-corrected chi connectivity index (χ3v) is 9.10. The molecule has 1 saturated carbocycles. The van der Waals surface area contributed by atoms with Gasteiger partial charge in [0, 0.05) is 27.8 Å². The van der Waals surface area contributed by atoms with E-state index in [1.165, 1.54) is 17.7 Å². The van der Waals surface area contributed by atoms with Gasteiger partial charge < -0.3 is 24.7 Å². The maximum absolute atomic E-state index is 14.1. The SMILES string of the molecule is COc1ccc(C2C3=C(CCCC3)N(C3CCCCC3)c3nc(C(=O)Nc4ccc(Br)cc4)[nH]c(=O)c32)cc1OC. The number of fused-ring (bicyclic) bond motifs is 1. The number of hydrogen-bond donors (Lipinski definition) is 2. The summed E-state index contributed by atoms with van der Waals surface area (Å²) in [6.07, 6.45) is 9.65. The van der Waals surface area contributed by atoms with Gasteiger partial charge in [-0.05, 0) is 86.1 Å². The number of allylic oxidation sites excluding steroid dienone is 2. The zero-order valence-corrected chi connectivity index (χ0v) is 25.1. The lowest BCUT2D eigenvalue weighted by atomic mass is 9.75. The number of hydrogen-bond acceptors (Lipinski definition) is 6. The maximum Gasteiger partial charge on any atom is 0.291 e. The van der Waals surface area contributed by atoms with E-state index in [4.69, 9.17) is 14.5 Å². The van der Waals surface area contributed by atoms with Crippen molar-refractivity contribution in [2.45, 2.75) is 69.7 Å². The Morgan fingerprint density at radius 1 is 0.976 bits per heavy atom. The predicted molar refractivity (Wildman–Crippen MR) is 163 cm³/mol. The molecular weight excluding hydrogens is 584 g/mol. The minimum absolute atomic E-state index is 0.0170. The quantitative estimate of drug-likeness (QED) is 0.311. The molecule has 3 aliphatic rings. The van der Waals surface area contributed by atoms with Crippen molar-refractivity contribution in [2.75, 3.05) is 24.4 Å². The zero-order chi connectivity index (χ0) is 28.5. The summed E-state index contributed by atoms with van der Waals surface area (Å²) in [5.41, 5.74) is 4.45. The number of aromatic amines is 1. The van der Waals surface area contributed by atoms with Gasteiger partial charge in [-0.1, -0.05) is 41.3 Å². The highest BCUT2D eigenvalue weighted by atomic mass is 79.9. The summed E-state index contributed by atoms with van der Waals surface area (Å²) in [4.78, 5) is 37.6. The number of amides is 1. The lowest BCUT2D eigenvalue weighted by Crippen LogP contribution is -2.44. The number of carbonyl (C=O) groups excluding carboxylic acids is 1. The van der Waals surface area contributed by atoms with Crippen molar-refractivity contribution in [3.63, 3.8) is 0 Å². The van der Waals surface area contributed by atoms with Crippen molar-refractivity contribution in [3.8, 4) is 11.5 Å². The van der Waals surface area contributed by atoms with E-state index in [2.05, 4.69) is 31.1 Å². The molecule has 9 heteroatoms. The molecule has 1 fully saturated rings. The van der Waals surface area contributed by atoms with E-state index in [1.807, 2.05) is 30.3 Å². The summed E-state index contributed by atoms with van der Waals surface area (Å²) in [5.74, 6) is 1.17. The molecule has 2 aromatic carbocycles. The van der Waals surface area contributed by atoms with Crippen LogP contribution >= 0.6 is 15.9 Å². The van der Waals surface area contributed by atoms with Gasteiger partial charge in [0.15, 0.2) is 11.5 Å². The van der Waals surface area contributed by atoms with Crippen molar-refractivity contribution >= 4 is 33.3 Å². The molecule has 0 saturated heterocycles. The first kappa shape index (κ1) is 27.6. The van der Waals surface area contributed by atoms with Crippen LogP contribution in [0.15, 0.2) is 63.0 Å². The Morgan fingerprint density at radius 2 is 1.71 bits per heavy atom. The number of ether oxygens (including phenoxy) is 2. The molecular formula is C32H35BrN4O4. The number of H-pyrrole nitrogens is 1. The molecule has 1 amide bonds. The van der Waals surface area contributed by atoms with Crippen LogP contribution in [0.4, 0.5) is 11.5 Å². The van der Waals surface area contributed by atoms with Crippen LogP contribution in [0.1, 0.15) is 85.5 Å². The second kappa shape index (κ2) is 11.7. The molecule has 8 nitrogen and oxygen atoms in total. The fourth-order valence-electron chi connectivity index (χ4n) is 6.68. The molecule has 1 atom stereocenters. The number of nitrogens with zero attached hydrogens (tertiary/aromatic N) is 2. The Balaban J connectivity index is 1.51. The number of anilines is 2. The number of aromatic nitrogens is 2. The van der Waals surface area contributed by atoms with E-state index >= 15 is 0 Å². The second-order valence-corrected chi connectivity index (χ2v) is 11.9. The fraction of sp³-hybridized carbons (Fsp3) is 0.406. The highest BCUT2D eigenvalue weighted by molar-refractivity contribution is 9.10. The first-order valence-electron chi connectivity index (χ1n) is 14.4. The van der Waals surface area contributed by atoms with Gasteiger partial charge in [-0.15, -0.1) is 0 Å². The first-order chi connectivity index (χ1) is 20.0. The van der Waals surface area contributed by atoms with Crippen LogP contribution in [-0.4, -0.2) is 36.1 Å². The van der Waals surface area contributed by atoms with Crippen molar-refractivity contribution < 1.29 is 14.3 Å². The molecule has 1 aliphatic heterocycles. The fourth-order valence-corrected chi connectivity index (χ4v) is 6.94. The van der Waals surface area contributed by atoms with E-state index in [1.54, 1.807) is 26.4 Å². The van der Waals surface area contributed by atoms with Gasteiger partial charge in [0.25, 0.3) is 11.5 Å². The highest BCUT2D eigenvalue weighted by Gasteiger charge is 2.41. The number of rotatable bonds is 6. The van der Waals surface area contributed by atoms with E-state index in [0.717, 1.165) is 61.4 Å². The molecule has 0 radical (unpaired) electrons. The number of nitrogens with one attached hydrogen (secondary N) is 2. The van der Waals surface area contributed by atoms with Crippen molar-refractivity contribution in [2.24, 2.45) is 0 Å². The largest absolute Gasteiger partial charge is 0.493 e. The van der Waals surface area contributed by atoms with Gasteiger partial charge in [0.2, 0.25) is 5.82 Å². The molecule has 2 N–H and O–H groups in total. The van der Waals surface area contributed by atoms with E-state index < -0.39 is 5.91 Å². The summed E-state index contributed by atoms with van der Waals surface area (Å²) in [7, 11) is 3.24. The van der Waals surface area contributed by atoms with Gasteiger partial charge in [0.1, 0.15) is 5.82 Å². The maximum atomic E-state index is 14.1. The Labute approximate surface area is 248 Å². The highest BCUT2D eigenvalue weighted by Crippen LogP contribution is 2.50. The van der Waals surface area contributed by atoms with Gasteiger partial charge in [-0.3, -0.25) is 9.59 Å². The van der Waals surface area contributed by atoms with Gasteiger partial charge >= 0.3 is 0 Å². The minimum Gasteiger partial charge on any atom is -0.493 e. The predicted octanol–water partition coefficient (Wildman–Crippen LogP) is 6.91. The van der Waals surface area contributed by atoms with Crippen molar-refractivity contribution in [1.82, 2.24) is 9.97 Å². The van der Waals surface area contributed by atoms with Crippen LogP contribution in [0.3, 0.4) is 0 Å². The smallest absolute Gasteiger partial charge is 0.291 e. The molecule has 1 aromatic heterocycles. The van der Waals surface area contributed by atoms with Gasteiger partial charge in [-0.25, -0.2) is 4.98 Å². The number of methoxy groups -OCH3 is 2. The summed E-state index contributed by atoms with van der Waals surface area (Å²) >= 11 is 3.42. The topological polar surface area (TPSA) is 96.5 Å². The summed E-state index contributed by atoms with van der Waals surface area (Å²) in [5, 5.41) is 2.89. The number of carbonyl (C=O) groups is 1. The van der Waals surface area contributed by atoms with Crippen molar-refractivity contribution in [1.29, 1.82) is 0 Å². The zero-order valence-electron chi connectivity index (χ0n) is 23.5. The van der Waals surface area contributed by atoms with Crippen LogP contribution in [0.25, 0.3) is 0 Å². The second-order valence-electron chi connectivity index (χ2n) is 11.0. The normalized spacial score (nSPS) is 18.9. The van der Waals surface area contributed by atoms with E-state index in [-0.39, 0.29) is 23.3 Å². The molecule has 2 heterocycles. The lowest BCUT2D eigenvalue weighted by Gasteiger charge is -2.45. The average molecular weight is 620 g/mol. The third kappa shape index (κ3) is 5.27. The van der Waals surface area contributed by atoms with Gasteiger partial charge in [-0.2, -0.15) is 0 Å². The Bertz CT molecular complexity index is 1540. The average Bonchev–Trinajstić information content (AvgIpc) is 3.01. The number of benzene rings is 2. The monoisotopic (exact) mass is 618 g/mol. The summed E-state index contributed by atoms with van der Waals surface area (Å²) in [6.45, 7) is 0. The van der Waals surface area contributed by atoms with Crippen LogP contribution in [-0.2, 0) is 0 Å². The summed E-state index contributed by atoms with van der Waals surface area (Å²) < 4.78 is 12.1. The molecule has 214 valence electrons. The van der Waals surface area contributed by atoms with Crippen molar-refractivity contribution in [3.05, 3.63) is 85.5 Å². The molecule has 0 bridgehead atoms. The molecule has 1 unspecified atom stereocenters. The van der Waals surface area contributed by atoms with Crippen LogP contribution in [0.2, 0.25) is 0 Å². The number of halogens is 1. The Morgan fingerprint density at radius 3 is 2.44 bits per heavy atom. The third-order valence-electron chi connectivity index (χ3n) is 8.57.